The highest BCUT2D eigenvalue weighted by Crippen LogP contribution is 2.25. The standard InChI is InChI=1S/C23H28ClFN2O5S/c1-16-13-27(17(2)12-26(16)14-18-3-6-21(25)7-4-18)23(28)15-32-22-8-5-20(24)11-19(22)9-10-33(29,30)31/h3-8,11,16-17H,9-10,12-15H2,1-2H3,(H,29,30,31). The van der Waals surface area contributed by atoms with Crippen molar-refractivity contribution in [2.75, 3.05) is 25.4 Å². The van der Waals surface area contributed by atoms with E-state index in [-0.39, 0.29) is 36.8 Å². The molecule has 1 amide bonds. The van der Waals surface area contributed by atoms with Gasteiger partial charge in [0.1, 0.15) is 11.6 Å². The molecule has 0 aliphatic carbocycles. The van der Waals surface area contributed by atoms with Crippen molar-refractivity contribution < 1.29 is 26.9 Å². The highest BCUT2D eigenvalue weighted by molar-refractivity contribution is 7.85. The van der Waals surface area contributed by atoms with E-state index in [1.807, 2.05) is 13.8 Å². The molecule has 7 nitrogen and oxygen atoms in total. The van der Waals surface area contributed by atoms with Crippen LogP contribution >= 0.6 is 11.6 Å². The van der Waals surface area contributed by atoms with Gasteiger partial charge in [-0.3, -0.25) is 14.2 Å². The van der Waals surface area contributed by atoms with E-state index in [0.717, 1.165) is 5.56 Å². The molecular formula is C23H28ClFN2O5S. The lowest BCUT2D eigenvalue weighted by Gasteiger charge is -2.44. The molecule has 2 atom stereocenters. The molecule has 0 bridgehead atoms. The van der Waals surface area contributed by atoms with Gasteiger partial charge < -0.3 is 9.64 Å². The molecule has 0 radical (unpaired) electrons. The molecule has 180 valence electrons. The molecule has 1 saturated heterocycles. The highest BCUT2D eigenvalue weighted by atomic mass is 35.5. The van der Waals surface area contributed by atoms with Crippen LogP contribution in [0.25, 0.3) is 0 Å². The Labute approximate surface area is 198 Å². The molecule has 2 aromatic carbocycles. The molecule has 33 heavy (non-hydrogen) atoms. The van der Waals surface area contributed by atoms with Crippen LogP contribution in [0.4, 0.5) is 4.39 Å². The third-order valence-corrected chi connectivity index (χ3v) is 6.69. The van der Waals surface area contributed by atoms with Gasteiger partial charge in [-0.15, -0.1) is 0 Å². The van der Waals surface area contributed by atoms with Crippen molar-refractivity contribution in [1.82, 2.24) is 9.80 Å². The van der Waals surface area contributed by atoms with E-state index < -0.39 is 15.9 Å². The Morgan fingerprint density at radius 2 is 1.85 bits per heavy atom. The Kier molecular flexibility index (Phi) is 8.33. The fourth-order valence-electron chi connectivity index (χ4n) is 3.94. The predicted molar refractivity (Wildman–Crippen MR) is 125 cm³/mol. The molecule has 1 aliphatic rings. The van der Waals surface area contributed by atoms with Crippen LogP contribution in [-0.4, -0.2) is 66.2 Å². The molecule has 0 spiro atoms. The SMILES string of the molecule is CC1CN(C(=O)COc2ccc(Cl)cc2CCS(=O)(=O)O)C(C)CN1Cc1ccc(F)cc1. The molecule has 1 fully saturated rings. The number of aryl methyl sites for hydroxylation is 1. The van der Waals surface area contributed by atoms with E-state index in [1.54, 1.807) is 35.2 Å². The fourth-order valence-corrected chi connectivity index (χ4v) is 4.61. The maximum atomic E-state index is 13.2. The molecule has 0 aromatic heterocycles. The zero-order valence-corrected chi connectivity index (χ0v) is 20.2. The molecule has 0 saturated carbocycles. The Morgan fingerprint density at radius 1 is 1.15 bits per heavy atom. The first kappa shape index (κ1) is 25.4. The zero-order valence-electron chi connectivity index (χ0n) is 18.6. The first-order chi connectivity index (χ1) is 15.5. The topological polar surface area (TPSA) is 87.1 Å². The lowest BCUT2D eigenvalue weighted by molar-refractivity contribution is -0.139. The van der Waals surface area contributed by atoms with Crippen molar-refractivity contribution in [2.45, 2.75) is 38.9 Å². The summed E-state index contributed by atoms with van der Waals surface area (Å²) in [5, 5.41) is 0.402. The van der Waals surface area contributed by atoms with Crippen molar-refractivity contribution in [2.24, 2.45) is 0 Å². The quantitative estimate of drug-likeness (QED) is 0.561. The maximum Gasteiger partial charge on any atom is 0.265 e. The molecule has 1 heterocycles. The summed E-state index contributed by atoms with van der Waals surface area (Å²) in [6.07, 6.45) is 0.0123. The number of piperazine rings is 1. The summed E-state index contributed by atoms with van der Waals surface area (Å²) in [5.41, 5.74) is 1.51. The van der Waals surface area contributed by atoms with Gasteiger partial charge in [0.2, 0.25) is 0 Å². The van der Waals surface area contributed by atoms with Crippen molar-refractivity contribution in [3.05, 3.63) is 64.4 Å². The van der Waals surface area contributed by atoms with Crippen LogP contribution < -0.4 is 4.74 Å². The van der Waals surface area contributed by atoms with Crippen LogP contribution in [0, 0.1) is 5.82 Å². The van der Waals surface area contributed by atoms with Crippen LogP contribution in [0.3, 0.4) is 0 Å². The summed E-state index contributed by atoms with van der Waals surface area (Å²) < 4.78 is 50.1. The second-order valence-electron chi connectivity index (χ2n) is 8.38. The lowest BCUT2D eigenvalue weighted by Crippen LogP contribution is -2.58. The molecule has 1 aliphatic heterocycles. The summed E-state index contributed by atoms with van der Waals surface area (Å²) in [5.74, 6) is -0.557. The number of amides is 1. The van der Waals surface area contributed by atoms with Gasteiger partial charge in [0.05, 0.1) is 5.75 Å². The summed E-state index contributed by atoms with van der Waals surface area (Å²) in [6.45, 7) is 5.69. The van der Waals surface area contributed by atoms with Crippen molar-refractivity contribution in [1.29, 1.82) is 0 Å². The number of nitrogens with zero attached hydrogens (tertiary/aromatic N) is 2. The number of ether oxygens (including phenoxy) is 1. The van der Waals surface area contributed by atoms with E-state index in [9.17, 15) is 17.6 Å². The van der Waals surface area contributed by atoms with Gasteiger partial charge in [0, 0.05) is 36.7 Å². The Bertz CT molecular complexity index is 1080. The molecule has 1 N–H and O–H groups in total. The first-order valence-electron chi connectivity index (χ1n) is 10.7. The minimum absolute atomic E-state index is 0.0123. The zero-order chi connectivity index (χ0) is 24.2. The molecule has 10 heteroatoms. The van der Waals surface area contributed by atoms with Gasteiger partial charge in [-0.05, 0) is 61.7 Å². The summed E-state index contributed by atoms with van der Waals surface area (Å²) in [7, 11) is -4.14. The maximum absolute atomic E-state index is 13.2. The number of benzene rings is 2. The lowest BCUT2D eigenvalue weighted by atomic mass is 10.1. The number of hydrogen-bond acceptors (Lipinski definition) is 5. The first-order valence-corrected chi connectivity index (χ1v) is 12.6. The van der Waals surface area contributed by atoms with Gasteiger partial charge in [-0.25, -0.2) is 4.39 Å². The molecule has 2 aromatic rings. The summed E-state index contributed by atoms with van der Waals surface area (Å²) in [4.78, 5) is 16.9. The van der Waals surface area contributed by atoms with E-state index in [0.29, 0.717) is 36.0 Å². The Hall–Kier alpha value is -2.20. The van der Waals surface area contributed by atoms with E-state index in [2.05, 4.69) is 4.90 Å². The number of carbonyl (C=O) groups excluding carboxylic acids is 1. The molecule has 3 rings (SSSR count). The second kappa shape index (κ2) is 10.8. The normalized spacial score (nSPS) is 19.5. The average Bonchev–Trinajstić information content (AvgIpc) is 2.74. The van der Waals surface area contributed by atoms with E-state index >= 15 is 0 Å². The van der Waals surface area contributed by atoms with Crippen LogP contribution in [-0.2, 0) is 27.9 Å². The largest absolute Gasteiger partial charge is 0.483 e. The van der Waals surface area contributed by atoms with Crippen molar-refractivity contribution >= 4 is 27.6 Å². The number of hydrogen-bond donors (Lipinski definition) is 1. The minimum Gasteiger partial charge on any atom is -0.483 e. The number of carbonyl (C=O) groups is 1. The van der Waals surface area contributed by atoms with Crippen LogP contribution in [0.2, 0.25) is 5.02 Å². The van der Waals surface area contributed by atoms with Gasteiger partial charge in [0.15, 0.2) is 6.61 Å². The van der Waals surface area contributed by atoms with Crippen molar-refractivity contribution in [3.8, 4) is 5.75 Å². The third kappa shape index (κ3) is 7.40. The van der Waals surface area contributed by atoms with Gasteiger partial charge in [0.25, 0.3) is 16.0 Å². The monoisotopic (exact) mass is 498 g/mol. The van der Waals surface area contributed by atoms with Gasteiger partial charge >= 0.3 is 0 Å². The van der Waals surface area contributed by atoms with Crippen LogP contribution in [0.1, 0.15) is 25.0 Å². The second-order valence-corrected chi connectivity index (χ2v) is 10.4. The molecule has 2 unspecified atom stereocenters. The van der Waals surface area contributed by atoms with Gasteiger partial charge in [-0.2, -0.15) is 8.42 Å². The fraction of sp³-hybridized carbons (Fsp3) is 0.435. The Morgan fingerprint density at radius 3 is 2.52 bits per heavy atom. The van der Waals surface area contributed by atoms with Crippen LogP contribution in [0.5, 0.6) is 5.75 Å². The van der Waals surface area contributed by atoms with E-state index in [4.69, 9.17) is 20.9 Å². The van der Waals surface area contributed by atoms with Gasteiger partial charge in [-0.1, -0.05) is 23.7 Å². The van der Waals surface area contributed by atoms with Crippen molar-refractivity contribution in [3.63, 3.8) is 0 Å². The predicted octanol–water partition coefficient (Wildman–Crippen LogP) is 3.41. The smallest absolute Gasteiger partial charge is 0.265 e. The number of halogens is 2. The highest BCUT2D eigenvalue weighted by Gasteiger charge is 2.32. The number of rotatable bonds is 8. The Balaban J connectivity index is 1.59. The summed E-state index contributed by atoms with van der Waals surface area (Å²) >= 11 is 6.00. The average molecular weight is 499 g/mol. The third-order valence-electron chi connectivity index (χ3n) is 5.74. The van der Waals surface area contributed by atoms with E-state index in [1.165, 1.54) is 12.1 Å². The van der Waals surface area contributed by atoms with Crippen LogP contribution in [0.15, 0.2) is 42.5 Å². The minimum atomic E-state index is -4.14. The molecular weight excluding hydrogens is 471 g/mol. The summed E-state index contributed by atoms with van der Waals surface area (Å²) in [6, 6.07) is 11.2.